The van der Waals surface area contributed by atoms with Crippen molar-refractivity contribution >= 4 is 35.0 Å². The van der Waals surface area contributed by atoms with Crippen molar-refractivity contribution < 1.29 is 24.2 Å². The predicted molar refractivity (Wildman–Crippen MR) is 133 cm³/mol. The first kappa shape index (κ1) is 25.4. The molecular weight excluding hydrogens is 470 g/mol. The summed E-state index contributed by atoms with van der Waals surface area (Å²) in [6.45, 7) is 9.42. The number of aliphatic hydroxyl groups excluding tert-OH is 1. The minimum atomic E-state index is -1.14. The summed E-state index contributed by atoms with van der Waals surface area (Å²) >= 11 is 6.05. The Bertz CT molecular complexity index is 1030. The monoisotopic (exact) mass is 501 g/mol. The largest absolute Gasteiger partial charge is 0.394 e. The molecule has 2 unspecified atom stereocenters. The normalized spacial score (nSPS) is 29.6. The van der Waals surface area contributed by atoms with Crippen LogP contribution in [0.15, 0.2) is 49.6 Å². The molecular formula is C26H32ClN3O5. The Labute approximate surface area is 210 Å². The van der Waals surface area contributed by atoms with Crippen LogP contribution < -0.4 is 4.90 Å². The van der Waals surface area contributed by atoms with Gasteiger partial charge in [-0.25, -0.2) is 0 Å². The number of ether oxygens (including phenoxy) is 1. The summed E-state index contributed by atoms with van der Waals surface area (Å²) in [5, 5.41) is 10.5. The Kier molecular flexibility index (Phi) is 7.09. The number of amides is 3. The fourth-order valence-electron chi connectivity index (χ4n) is 5.97. The number of likely N-dealkylation sites (tertiary alicyclic amines) is 1. The minimum absolute atomic E-state index is 0.194. The van der Waals surface area contributed by atoms with Crippen LogP contribution in [-0.2, 0) is 19.1 Å². The minimum Gasteiger partial charge on any atom is -0.394 e. The van der Waals surface area contributed by atoms with Crippen molar-refractivity contribution in [3.05, 3.63) is 54.6 Å². The van der Waals surface area contributed by atoms with Crippen LogP contribution in [0.4, 0.5) is 5.69 Å². The van der Waals surface area contributed by atoms with Gasteiger partial charge in [-0.1, -0.05) is 23.8 Å². The lowest BCUT2D eigenvalue weighted by Gasteiger charge is -2.38. The van der Waals surface area contributed by atoms with E-state index in [0.717, 1.165) is 0 Å². The highest BCUT2D eigenvalue weighted by Crippen LogP contribution is 2.59. The van der Waals surface area contributed by atoms with E-state index < -0.39 is 35.6 Å². The molecule has 3 aliphatic rings. The maximum absolute atomic E-state index is 14.2. The van der Waals surface area contributed by atoms with Crippen molar-refractivity contribution in [3.8, 4) is 0 Å². The quantitative estimate of drug-likeness (QED) is 0.524. The molecule has 9 heteroatoms. The number of carbonyl (C=O) groups is 3. The molecule has 0 aromatic heterocycles. The average molecular weight is 502 g/mol. The highest BCUT2D eigenvalue weighted by atomic mass is 35.5. The van der Waals surface area contributed by atoms with E-state index in [2.05, 4.69) is 13.2 Å². The smallest absolute Gasteiger partial charge is 0.253 e. The second-order valence-corrected chi connectivity index (χ2v) is 9.99. The lowest BCUT2D eigenvalue weighted by molar-refractivity contribution is -0.146. The van der Waals surface area contributed by atoms with Crippen molar-refractivity contribution in [2.45, 2.75) is 43.6 Å². The van der Waals surface area contributed by atoms with Crippen LogP contribution in [0.25, 0.3) is 0 Å². The predicted octanol–water partition coefficient (Wildman–Crippen LogP) is 2.26. The summed E-state index contributed by atoms with van der Waals surface area (Å²) in [7, 11) is 1.67. The fraction of sp³-hybridized carbons (Fsp3) is 0.500. The van der Waals surface area contributed by atoms with Crippen molar-refractivity contribution in [3.63, 3.8) is 0 Å². The summed E-state index contributed by atoms with van der Waals surface area (Å²) in [5.41, 5.74) is -0.530. The summed E-state index contributed by atoms with van der Waals surface area (Å²) in [4.78, 5) is 46.0. The lowest BCUT2D eigenvalue weighted by atomic mass is 9.70. The maximum atomic E-state index is 14.2. The summed E-state index contributed by atoms with van der Waals surface area (Å²) in [6.07, 6.45) is 3.87. The van der Waals surface area contributed by atoms with E-state index in [4.69, 9.17) is 16.3 Å². The molecule has 1 N–H and O–H groups in total. The summed E-state index contributed by atoms with van der Waals surface area (Å²) in [5.74, 6) is -2.33. The van der Waals surface area contributed by atoms with Gasteiger partial charge in [-0.2, -0.15) is 0 Å². The number of aliphatic hydroxyl groups is 1. The number of hydrogen-bond donors (Lipinski definition) is 1. The van der Waals surface area contributed by atoms with Gasteiger partial charge in [0, 0.05) is 30.8 Å². The number of fused-ring (bicyclic) bond motifs is 1. The number of anilines is 1. The first-order chi connectivity index (χ1) is 16.7. The van der Waals surface area contributed by atoms with Gasteiger partial charge in [-0.05, 0) is 44.0 Å². The van der Waals surface area contributed by atoms with E-state index >= 15 is 0 Å². The maximum Gasteiger partial charge on any atom is 0.253 e. The van der Waals surface area contributed by atoms with E-state index in [9.17, 15) is 19.5 Å². The molecule has 188 valence electrons. The van der Waals surface area contributed by atoms with Crippen LogP contribution in [0.5, 0.6) is 0 Å². The topological polar surface area (TPSA) is 90.4 Å². The van der Waals surface area contributed by atoms with Crippen molar-refractivity contribution in [1.82, 2.24) is 9.80 Å². The van der Waals surface area contributed by atoms with Gasteiger partial charge in [0.25, 0.3) is 5.91 Å². The van der Waals surface area contributed by atoms with Gasteiger partial charge >= 0.3 is 0 Å². The number of carbonyl (C=O) groups excluding carboxylic acids is 3. The fourth-order valence-corrected chi connectivity index (χ4v) is 6.10. The van der Waals surface area contributed by atoms with E-state index in [1.54, 1.807) is 55.3 Å². The van der Waals surface area contributed by atoms with Gasteiger partial charge < -0.3 is 24.5 Å². The molecule has 3 amide bonds. The Hall–Kier alpha value is -2.68. The molecule has 6 atom stereocenters. The van der Waals surface area contributed by atoms with Crippen molar-refractivity contribution in [1.29, 1.82) is 0 Å². The second-order valence-electron chi connectivity index (χ2n) is 9.55. The molecule has 0 radical (unpaired) electrons. The molecule has 8 nitrogen and oxygen atoms in total. The first-order valence-corrected chi connectivity index (χ1v) is 12.2. The molecule has 0 aliphatic carbocycles. The Morgan fingerprint density at radius 2 is 1.91 bits per heavy atom. The number of likely N-dealkylation sites (N-methyl/N-ethyl adjacent to an activating group) is 1. The van der Waals surface area contributed by atoms with Gasteiger partial charge in [-0.3, -0.25) is 14.4 Å². The third-order valence-corrected chi connectivity index (χ3v) is 7.74. The zero-order chi connectivity index (χ0) is 25.5. The molecule has 3 heterocycles. The Morgan fingerprint density at radius 1 is 1.26 bits per heavy atom. The van der Waals surface area contributed by atoms with Crippen LogP contribution in [-0.4, -0.2) is 83.2 Å². The number of benzene rings is 1. The van der Waals surface area contributed by atoms with Crippen LogP contribution >= 0.6 is 11.6 Å². The van der Waals surface area contributed by atoms with Crippen LogP contribution in [0.3, 0.4) is 0 Å². The van der Waals surface area contributed by atoms with Gasteiger partial charge in [0.2, 0.25) is 11.8 Å². The standard InChI is InChI=1S/C26H32ClN3O5/c1-5-13-28(4)23(32)20-19-11-12-26(35-19)21(20)24(33)30(16(3)15-31)22(26)25(34)29(14-6-2)18-9-7-17(27)8-10-18/h5-10,16,19-22,31H,1-2,11-15H2,3-4H3/t16-,19+,20-,21+,22?,26?/m1/s1. The molecule has 1 spiro atoms. The Morgan fingerprint density at radius 3 is 2.51 bits per heavy atom. The first-order valence-electron chi connectivity index (χ1n) is 11.9. The average Bonchev–Trinajstić information content (AvgIpc) is 3.49. The molecule has 1 aromatic rings. The number of halogens is 1. The SMILES string of the molecule is C=CCN(C)C(=O)[C@@H]1[C@@H]2CCC3(O2)C(C(=O)N(CC=C)c2ccc(Cl)cc2)N([C@H](C)CO)C(=O)[C@H]13. The van der Waals surface area contributed by atoms with Gasteiger partial charge in [-0.15, -0.1) is 13.2 Å². The highest BCUT2D eigenvalue weighted by molar-refractivity contribution is 6.30. The summed E-state index contributed by atoms with van der Waals surface area (Å²) in [6, 6.07) is 5.24. The zero-order valence-electron chi connectivity index (χ0n) is 20.1. The van der Waals surface area contributed by atoms with Crippen LogP contribution in [0, 0.1) is 11.8 Å². The molecule has 4 rings (SSSR count). The molecule has 35 heavy (non-hydrogen) atoms. The number of rotatable bonds is 9. The van der Waals surface area contributed by atoms with Crippen LogP contribution in [0.1, 0.15) is 19.8 Å². The third kappa shape index (κ3) is 3.97. The summed E-state index contributed by atoms with van der Waals surface area (Å²) < 4.78 is 6.45. The highest BCUT2D eigenvalue weighted by Gasteiger charge is 2.75. The molecule has 3 saturated heterocycles. The van der Waals surface area contributed by atoms with E-state index in [-0.39, 0.29) is 30.9 Å². The molecule has 3 fully saturated rings. The number of nitrogens with zero attached hydrogens (tertiary/aromatic N) is 3. The lowest BCUT2D eigenvalue weighted by Crippen LogP contribution is -2.58. The Balaban J connectivity index is 1.78. The molecule has 0 saturated carbocycles. The van der Waals surface area contributed by atoms with Crippen LogP contribution in [0.2, 0.25) is 5.02 Å². The third-order valence-electron chi connectivity index (χ3n) is 7.49. The van der Waals surface area contributed by atoms with E-state index in [1.165, 1.54) is 9.80 Å². The zero-order valence-corrected chi connectivity index (χ0v) is 20.9. The molecule has 3 aliphatic heterocycles. The van der Waals surface area contributed by atoms with Gasteiger partial charge in [0.05, 0.1) is 30.6 Å². The van der Waals surface area contributed by atoms with Gasteiger partial charge in [0.15, 0.2) is 0 Å². The van der Waals surface area contributed by atoms with Crippen molar-refractivity contribution in [2.75, 3.05) is 31.6 Å². The van der Waals surface area contributed by atoms with E-state index in [1.807, 2.05) is 0 Å². The molecule has 1 aromatic carbocycles. The van der Waals surface area contributed by atoms with Crippen molar-refractivity contribution in [2.24, 2.45) is 11.8 Å². The number of hydrogen-bond acceptors (Lipinski definition) is 5. The van der Waals surface area contributed by atoms with E-state index in [0.29, 0.717) is 30.1 Å². The second kappa shape index (κ2) is 9.76. The molecule has 2 bridgehead atoms. The van der Waals surface area contributed by atoms with Gasteiger partial charge in [0.1, 0.15) is 11.6 Å².